The van der Waals surface area contributed by atoms with Crippen molar-refractivity contribution in [3.63, 3.8) is 0 Å². The van der Waals surface area contributed by atoms with Gasteiger partial charge in [-0.25, -0.2) is 0 Å². The van der Waals surface area contributed by atoms with Gasteiger partial charge in [-0.1, -0.05) is 60.7 Å². The standard InChI is InChI=1S/C17H21NOS/c1-20(19)13-12-18-14-17(15-8-4-2-5-9-15)16-10-6-3-7-11-16/h2-11,17-18H,12-14H2,1H3. The molecule has 0 bridgehead atoms. The molecule has 3 heteroatoms. The summed E-state index contributed by atoms with van der Waals surface area (Å²) in [6.07, 6.45) is 1.74. The second-order valence-corrected chi connectivity index (χ2v) is 6.41. The molecule has 1 N–H and O–H groups in total. The summed E-state index contributed by atoms with van der Waals surface area (Å²) >= 11 is 0. The van der Waals surface area contributed by atoms with Crippen LogP contribution in [0.5, 0.6) is 0 Å². The summed E-state index contributed by atoms with van der Waals surface area (Å²) in [4.78, 5) is 0. The summed E-state index contributed by atoms with van der Waals surface area (Å²) in [6.45, 7) is 1.66. The van der Waals surface area contributed by atoms with Crippen molar-refractivity contribution >= 4 is 10.8 Å². The monoisotopic (exact) mass is 287 g/mol. The van der Waals surface area contributed by atoms with Crippen LogP contribution in [0.1, 0.15) is 17.0 Å². The molecule has 1 unspecified atom stereocenters. The molecule has 20 heavy (non-hydrogen) atoms. The first kappa shape index (κ1) is 14.9. The van der Waals surface area contributed by atoms with Gasteiger partial charge in [-0.3, -0.25) is 4.21 Å². The van der Waals surface area contributed by atoms with Gasteiger partial charge < -0.3 is 5.32 Å². The molecular weight excluding hydrogens is 266 g/mol. The molecule has 2 rings (SSSR count). The number of nitrogens with one attached hydrogen (secondary N) is 1. The molecule has 0 spiro atoms. The van der Waals surface area contributed by atoms with E-state index in [2.05, 4.69) is 53.8 Å². The van der Waals surface area contributed by atoms with Gasteiger partial charge in [-0.15, -0.1) is 0 Å². The fourth-order valence-electron chi connectivity index (χ4n) is 2.26. The van der Waals surface area contributed by atoms with Crippen molar-refractivity contribution in [3.05, 3.63) is 71.8 Å². The largest absolute Gasteiger partial charge is 0.315 e. The third-order valence-electron chi connectivity index (χ3n) is 3.32. The molecule has 0 radical (unpaired) electrons. The molecule has 0 aliphatic heterocycles. The Morgan fingerprint density at radius 2 is 1.45 bits per heavy atom. The first-order valence-corrected chi connectivity index (χ1v) is 8.60. The molecule has 0 aliphatic carbocycles. The Morgan fingerprint density at radius 1 is 0.950 bits per heavy atom. The van der Waals surface area contributed by atoms with E-state index in [9.17, 15) is 4.21 Å². The van der Waals surface area contributed by atoms with Crippen LogP contribution in [-0.2, 0) is 10.8 Å². The fraction of sp³-hybridized carbons (Fsp3) is 0.294. The van der Waals surface area contributed by atoms with Crippen LogP contribution in [0.25, 0.3) is 0 Å². The van der Waals surface area contributed by atoms with E-state index in [0.29, 0.717) is 11.7 Å². The lowest BCUT2D eigenvalue weighted by Gasteiger charge is -2.18. The van der Waals surface area contributed by atoms with Crippen LogP contribution >= 0.6 is 0 Å². The maximum absolute atomic E-state index is 11.1. The van der Waals surface area contributed by atoms with Gasteiger partial charge in [-0.2, -0.15) is 0 Å². The minimum atomic E-state index is -0.732. The first-order chi connectivity index (χ1) is 9.77. The van der Waals surface area contributed by atoms with E-state index in [1.165, 1.54) is 11.1 Å². The third kappa shape index (κ3) is 4.58. The predicted octanol–water partition coefficient (Wildman–Crippen LogP) is 2.79. The Balaban J connectivity index is 2.07. The van der Waals surface area contributed by atoms with E-state index in [0.717, 1.165) is 13.1 Å². The summed E-state index contributed by atoms with van der Waals surface area (Å²) in [5.41, 5.74) is 2.62. The smallest absolute Gasteiger partial charge is 0.0357 e. The molecule has 1 atom stereocenters. The van der Waals surface area contributed by atoms with E-state index < -0.39 is 10.8 Å². The maximum atomic E-state index is 11.1. The second kappa shape index (κ2) is 7.98. The van der Waals surface area contributed by atoms with E-state index in [4.69, 9.17) is 0 Å². The molecular formula is C17H21NOS. The van der Waals surface area contributed by atoms with Gasteiger partial charge in [-0.05, 0) is 11.1 Å². The molecule has 0 aliphatic rings. The third-order valence-corrected chi connectivity index (χ3v) is 4.10. The van der Waals surface area contributed by atoms with Gasteiger partial charge in [0, 0.05) is 41.8 Å². The van der Waals surface area contributed by atoms with Crippen LogP contribution in [0, 0.1) is 0 Å². The van der Waals surface area contributed by atoms with Crippen LogP contribution in [-0.4, -0.2) is 29.3 Å². The summed E-state index contributed by atoms with van der Waals surface area (Å²) in [5.74, 6) is 1.04. The van der Waals surface area contributed by atoms with E-state index in [1.54, 1.807) is 6.26 Å². The van der Waals surface area contributed by atoms with E-state index in [-0.39, 0.29) is 0 Å². The average molecular weight is 287 g/mol. The molecule has 106 valence electrons. The topological polar surface area (TPSA) is 29.1 Å². The van der Waals surface area contributed by atoms with Crippen molar-refractivity contribution in [2.75, 3.05) is 25.1 Å². The predicted molar refractivity (Wildman–Crippen MR) is 86.5 cm³/mol. The van der Waals surface area contributed by atoms with Gasteiger partial charge in [0.1, 0.15) is 0 Å². The van der Waals surface area contributed by atoms with Crippen molar-refractivity contribution in [1.82, 2.24) is 5.32 Å². The lowest BCUT2D eigenvalue weighted by Crippen LogP contribution is -2.26. The van der Waals surface area contributed by atoms with Crippen molar-refractivity contribution < 1.29 is 4.21 Å². The van der Waals surface area contributed by atoms with Crippen LogP contribution < -0.4 is 5.32 Å². The van der Waals surface area contributed by atoms with Crippen LogP contribution in [0.2, 0.25) is 0 Å². The Labute approximate surface area is 123 Å². The Morgan fingerprint density at radius 3 is 1.90 bits per heavy atom. The quantitative estimate of drug-likeness (QED) is 0.793. The van der Waals surface area contributed by atoms with E-state index in [1.807, 2.05) is 12.1 Å². The zero-order valence-electron chi connectivity index (χ0n) is 11.8. The normalized spacial score (nSPS) is 12.5. The lowest BCUT2D eigenvalue weighted by molar-refractivity contribution is 0.651. The molecule has 0 heterocycles. The highest BCUT2D eigenvalue weighted by Crippen LogP contribution is 2.23. The number of rotatable bonds is 7. The summed E-state index contributed by atoms with van der Waals surface area (Å²) in [5, 5.41) is 3.42. The highest BCUT2D eigenvalue weighted by molar-refractivity contribution is 7.84. The Bertz CT molecular complexity index is 488. The number of hydrogen-bond acceptors (Lipinski definition) is 2. The number of hydrogen-bond donors (Lipinski definition) is 1. The second-order valence-electron chi connectivity index (χ2n) is 4.86. The van der Waals surface area contributed by atoms with Gasteiger partial charge in [0.05, 0.1) is 0 Å². The summed E-state index contributed by atoms with van der Waals surface area (Å²) < 4.78 is 11.1. The Kier molecular flexibility index (Phi) is 5.96. The van der Waals surface area contributed by atoms with Crippen LogP contribution in [0.3, 0.4) is 0 Å². The fourth-order valence-corrected chi connectivity index (χ4v) is 2.69. The lowest BCUT2D eigenvalue weighted by atomic mass is 9.91. The SMILES string of the molecule is CS(=O)CCNCC(c1ccccc1)c1ccccc1. The zero-order valence-corrected chi connectivity index (χ0v) is 12.6. The molecule has 0 aromatic heterocycles. The number of benzene rings is 2. The molecule has 0 amide bonds. The van der Waals surface area contributed by atoms with E-state index >= 15 is 0 Å². The average Bonchev–Trinajstić information content (AvgIpc) is 2.49. The molecule has 0 saturated carbocycles. The van der Waals surface area contributed by atoms with Gasteiger partial charge in [0.15, 0.2) is 0 Å². The molecule has 0 saturated heterocycles. The Hall–Kier alpha value is -1.45. The molecule has 2 nitrogen and oxygen atoms in total. The highest BCUT2D eigenvalue weighted by Gasteiger charge is 2.12. The van der Waals surface area contributed by atoms with Crippen LogP contribution in [0.15, 0.2) is 60.7 Å². The maximum Gasteiger partial charge on any atom is 0.0357 e. The van der Waals surface area contributed by atoms with Gasteiger partial charge in [0.25, 0.3) is 0 Å². The van der Waals surface area contributed by atoms with Gasteiger partial charge in [0.2, 0.25) is 0 Å². The molecule has 0 fully saturated rings. The molecule has 2 aromatic rings. The minimum Gasteiger partial charge on any atom is -0.315 e. The first-order valence-electron chi connectivity index (χ1n) is 6.88. The van der Waals surface area contributed by atoms with Crippen molar-refractivity contribution in [2.45, 2.75) is 5.92 Å². The van der Waals surface area contributed by atoms with Crippen LogP contribution in [0.4, 0.5) is 0 Å². The van der Waals surface area contributed by atoms with Gasteiger partial charge >= 0.3 is 0 Å². The molecule has 2 aromatic carbocycles. The van der Waals surface area contributed by atoms with Crippen molar-refractivity contribution in [3.8, 4) is 0 Å². The highest BCUT2D eigenvalue weighted by atomic mass is 32.2. The zero-order chi connectivity index (χ0) is 14.2. The van der Waals surface area contributed by atoms with Crippen molar-refractivity contribution in [1.29, 1.82) is 0 Å². The minimum absolute atomic E-state index is 0.336. The summed E-state index contributed by atoms with van der Waals surface area (Å²) in [6, 6.07) is 21.0. The summed E-state index contributed by atoms with van der Waals surface area (Å²) in [7, 11) is -0.732. The van der Waals surface area contributed by atoms with Crippen molar-refractivity contribution in [2.24, 2.45) is 0 Å².